The van der Waals surface area contributed by atoms with Gasteiger partial charge in [-0.05, 0) is 36.2 Å². The summed E-state index contributed by atoms with van der Waals surface area (Å²) in [4.78, 5) is 12.2. The van der Waals surface area contributed by atoms with E-state index in [0.717, 1.165) is 5.56 Å². The van der Waals surface area contributed by atoms with Crippen molar-refractivity contribution >= 4 is 5.97 Å². The van der Waals surface area contributed by atoms with E-state index in [1.54, 1.807) is 42.5 Å². The number of esters is 1. The summed E-state index contributed by atoms with van der Waals surface area (Å²) in [6.45, 7) is -1.69. The average molecular weight is 537 g/mol. The van der Waals surface area contributed by atoms with Crippen LogP contribution < -0.4 is 4.74 Å². The summed E-state index contributed by atoms with van der Waals surface area (Å²) in [6, 6.07) is 14.8. The van der Waals surface area contributed by atoms with Gasteiger partial charge < -0.3 is 54.3 Å². The van der Waals surface area contributed by atoms with Gasteiger partial charge in [0.1, 0.15) is 36.8 Å². The van der Waals surface area contributed by atoms with Crippen LogP contribution in [0.2, 0.25) is 0 Å². The van der Waals surface area contributed by atoms with Crippen molar-refractivity contribution in [2.75, 3.05) is 26.4 Å². The van der Waals surface area contributed by atoms with Crippen molar-refractivity contribution in [3.05, 3.63) is 65.7 Å². The van der Waals surface area contributed by atoms with Gasteiger partial charge in [-0.2, -0.15) is 0 Å². The molecular formula is C26H32O12. The minimum absolute atomic E-state index is 0.0222. The van der Waals surface area contributed by atoms with Gasteiger partial charge in [-0.3, -0.25) is 0 Å². The molecule has 2 fully saturated rings. The van der Waals surface area contributed by atoms with Crippen molar-refractivity contribution in [2.45, 2.75) is 55.1 Å². The topological polar surface area (TPSA) is 185 Å². The third-order valence-corrected chi connectivity index (χ3v) is 6.46. The molecule has 8 atom stereocenters. The molecule has 0 spiro atoms. The lowest BCUT2D eigenvalue weighted by atomic mass is 9.98. The zero-order chi connectivity index (χ0) is 27.3. The molecular weight excluding hydrogens is 504 g/mol. The number of hydrogen-bond donors (Lipinski definition) is 6. The molecule has 208 valence electrons. The van der Waals surface area contributed by atoms with E-state index in [1.807, 2.05) is 0 Å². The molecule has 0 bridgehead atoms. The van der Waals surface area contributed by atoms with E-state index < -0.39 is 74.5 Å². The number of benzene rings is 2. The van der Waals surface area contributed by atoms with Gasteiger partial charge in [-0.15, -0.1) is 0 Å². The van der Waals surface area contributed by atoms with E-state index >= 15 is 0 Å². The predicted octanol–water partition coefficient (Wildman–Crippen LogP) is -1.27. The fourth-order valence-electron chi connectivity index (χ4n) is 4.19. The SMILES string of the molecule is O=C(OC[C@]1(O)CO[C@@H](O[C@@H]2[C@H](Oc3ccc(CCO)cc3)O[C@H](CO)[C@@H](O)[C@@H]2O)[C@@H]1O)c1ccccc1. The fraction of sp³-hybridized carbons (Fsp3) is 0.500. The van der Waals surface area contributed by atoms with Crippen LogP contribution in [-0.4, -0.2) is 112 Å². The standard InChI is InChI=1S/C26H32O12/c27-11-10-15-6-8-17(9-7-15)36-24-21(20(30)19(29)18(12-28)37-24)38-25-22(31)26(33,14-35-25)13-34-23(32)16-4-2-1-3-5-16/h1-9,18-22,24-25,27-31,33H,10-14H2/t18-,19-,20+,21+,22+,24-,25+,26+/m1/s1. The molecule has 2 aromatic carbocycles. The molecule has 0 amide bonds. The summed E-state index contributed by atoms with van der Waals surface area (Å²) in [5, 5.41) is 61.4. The second-order valence-corrected chi connectivity index (χ2v) is 9.21. The van der Waals surface area contributed by atoms with Gasteiger partial charge in [0, 0.05) is 6.61 Å². The molecule has 2 aliphatic heterocycles. The van der Waals surface area contributed by atoms with Crippen molar-refractivity contribution in [3.8, 4) is 5.75 Å². The molecule has 2 saturated heterocycles. The average Bonchev–Trinajstić information content (AvgIpc) is 3.21. The molecule has 0 saturated carbocycles. The summed E-state index contributed by atoms with van der Waals surface area (Å²) in [7, 11) is 0. The Bertz CT molecular complexity index is 1030. The predicted molar refractivity (Wildman–Crippen MR) is 128 cm³/mol. The summed E-state index contributed by atoms with van der Waals surface area (Å²) >= 11 is 0. The molecule has 4 rings (SSSR count). The van der Waals surface area contributed by atoms with Gasteiger partial charge in [-0.25, -0.2) is 4.79 Å². The lowest BCUT2D eigenvalue weighted by Crippen LogP contribution is -2.62. The Morgan fingerprint density at radius 1 is 0.974 bits per heavy atom. The van der Waals surface area contributed by atoms with Gasteiger partial charge in [0.25, 0.3) is 0 Å². The minimum atomic E-state index is -2.01. The maximum atomic E-state index is 12.2. The van der Waals surface area contributed by atoms with Crippen LogP contribution in [0.1, 0.15) is 15.9 Å². The summed E-state index contributed by atoms with van der Waals surface area (Å²) in [5.74, 6) is -0.397. The number of carbonyl (C=O) groups is 1. The van der Waals surface area contributed by atoms with Gasteiger partial charge in [0.05, 0.1) is 18.8 Å². The molecule has 0 aliphatic carbocycles. The van der Waals surface area contributed by atoms with Gasteiger partial charge in [0.2, 0.25) is 6.29 Å². The van der Waals surface area contributed by atoms with Crippen molar-refractivity contribution < 1.29 is 59.1 Å². The Hall–Kier alpha value is -2.65. The number of rotatable bonds is 10. The molecule has 2 aliphatic rings. The van der Waals surface area contributed by atoms with Crippen LogP contribution in [0.4, 0.5) is 0 Å². The fourth-order valence-corrected chi connectivity index (χ4v) is 4.19. The highest BCUT2D eigenvalue weighted by Crippen LogP contribution is 2.32. The minimum Gasteiger partial charge on any atom is -0.462 e. The molecule has 2 aromatic rings. The summed E-state index contributed by atoms with van der Waals surface area (Å²) in [6.07, 6.45) is -9.90. The van der Waals surface area contributed by atoms with E-state index in [0.29, 0.717) is 12.2 Å². The highest BCUT2D eigenvalue weighted by Gasteiger charge is 2.54. The second-order valence-electron chi connectivity index (χ2n) is 9.21. The monoisotopic (exact) mass is 536 g/mol. The Morgan fingerprint density at radius 3 is 2.34 bits per heavy atom. The van der Waals surface area contributed by atoms with Crippen molar-refractivity contribution in [1.29, 1.82) is 0 Å². The van der Waals surface area contributed by atoms with E-state index in [-0.39, 0.29) is 12.2 Å². The van der Waals surface area contributed by atoms with Crippen LogP contribution in [0, 0.1) is 0 Å². The maximum absolute atomic E-state index is 12.2. The zero-order valence-corrected chi connectivity index (χ0v) is 20.4. The second kappa shape index (κ2) is 12.5. The molecule has 0 aromatic heterocycles. The van der Waals surface area contributed by atoms with E-state index in [4.69, 9.17) is 28.8 Å². The van der Waals surface area contributed by atoms with E-state index in [9.17, 15) is 30.3 Å². The zero-order valence-electron chi connectivity index (χ0n) is 20.4. The molecule has 6 N–H and O–H groups in total. The molecule has 0 unspecified atom stereocenters. The van der Waals surface area contributed by atoms with Crippen LogP contribution in [0.15, 0.2) is 54.6 Å². The van der Waals surface area contributed by atoms with Crippen LogP contribution in [-0.2, 0) is 25.4 Å². The van der Waals surface area contributed by atoms with E-state index in [2.05, 4.69) is 0 Å². The third kappa shape index (κ3) is 6.31. The first kappa shape index (κ1) is 28.4. The molecule has 0 radical (unpaired) electrons. The Balaban J connectivity index is 1.43. The Morgan fingerprint density at radius 2 is 1.68 bits per heavy atom. The first-order valence-corrected chi connectivity index (χ1v) is 12.1. The quantitative estimate of drug-likeness (QED) is 0.198. The summed E-state index contributed by atoms with van der Waals surface area (Å²) in [5.41, 5.74) is -0.895. The number of aliphatic hydroxyl groups is 6. The Labute approximate surface area is 218 Å². The maximum Gasteiger partial charge on any atom is 0.338 e. The van der Waals surface area contributed by atoms with Gasteiger partial charge >= 0.3 is 5.97 Å². The highest BCUT2D eigenvalue weighted by molar-refractivity contribution is 5.89. The number of hydrogen-bond acceptors (Lipinski definition) is 12. The largest absolute Gasteiger partial charge is 0.462 e. The smallest absolute Gasteiger partial charge is 0.338 e. The van der Waals surface area contributed by atoms with Crippen LogP contribution >= 0.6 is 0 Å². The highest BCUT2D eigenvalue weighted by atomic mass is 16.8. The first-order valence-electron chi connectivity index (χ1n) is 12.1. The molecule has 38 heavy (non-hydrogen) atoms. The molecule has 12 heteroatoms. The van der Waals surface area contributed by atoms with Gasteiger partial charge in [-0.1, -0.05) is 30.3 Å². The number of carbonyl (C=O) groups excluding carboxylic acids is 1. The first-order chi connectivity index (χ1) is 18.3. The van der Waals surface area contributed by atoms with Crippen molar-refractivity contribution in [3.63, 3.8) is 0 Å². The molecule has 12 nitrogen and oxygen atoms in total. The van der Waals surface area contributed by atoms with Crippen LogP contribution in [0.5, 0.6) is 5.75 Å². The van der Waals surface area contributed by atoms with Crippen LogP contribution in [0.3, 0.4) is 0 Å². The lowest BCUT2D eigenvalue weighted by molar-refractivity contribution is -0.318. The van der Waals surface area contributed by atoms with Gasteiger partial charge in [0.15, 0.2) is 18.0 Å². The van der Waals surface area contributed by atoms with Crippen molar-refractivity contribution in [1.82, 2.24) is 0 Å². The van der Waals surface area contributed by atoms with Crippen molar-refractivity contribution in [2.24, 2.45) is 0 Å². The van der Waals surface area contributed by atoms with E-state index in [1.165, 1.54) is 12.1 Å². The lowest BCUT2D eigenvalue weighted by Gasteiger charge is -2.42. The van der Waals surface area contributed by atoms with Crippen LogP contribution in [0.25, 0.3) is 0 Å². The molecule has 2 heterocycles. The number of aliphatic hydroxyl groups excluding tert-OH is 5. The normalized spacial score (nSPS) is 33.2. The third-order valence-electron chi connectivity index (χ3n) is 6.46. The summed E-state index contributed by atoms with van der Waals surface area (Å²) < 4.78 is 27.7. The Kier molecular flexibility index (Phi) is 9.31. The number of ether oxygens (including phenoxy) is 5.